The van der Waals surface area contributed by atoms with Crippen molar-refractivity contribution in [3.63, 3.8) is 0 Å². The monoisotopic (exact) mass is 467 g/mol. The van der Waals surface area contributed by atoms with Gasteiger partial charge in [0.15, 0.2) is 12.1 Å². The van der Waals surface area contributed by atoms with Gasteiger partial charge in [-0.15, -0.1) is 0 Å². The smallest absolute Gasteiger partial charge is 0.343 e. The van der Waals surface area contributed by atoms with Crippen LogP contribution in [0, 0.1) is 5.92 Å². The molecule has 2 N–H and O–H groups in total. The maximum atomic E-state index is 13.4. The van der Waals surface area contributed by atoms with E-state index < -0.39 is 11.6 Å². The third-order valence-corrected chi connectivity index (χ3v) is 7.57. The number of nitrogens with one attached hydrogen (secondary N) is 1. The molecular formula is C26H35N4O4+. The summed E-state index contributed by atoms with van der Waals surface area (Å²) in [7, 11) is 2.02. The van der Waals surface area contributed by atoms with Crippen molar-refractivity contribution in [1.82, 2.24) is 9.97 Å². The summed E-state index contributed by atoms with van der Waals surface area (Å²) in [6.45, 7) is 1.26. The number of nitrogens with zero attached hydrogens (tertiary/aromatic N) is 3. The van der Waals surface area contributed by atoms with Gasteiger partial charge >= 0.3 is 5.97 Å². The molecule has 0 spiro atoms. The van der Waals surface area contributed by atoms with E-state index in [1.807, 2.05) is 37.4 Å². The van der Waals surface area contributed by atoms with Crippen molar-refractivity contribution in [1.29, 1.82) is 0 Å². The molecule has 1 saturated carbocycles. The van der Waals surface area contributed by atoms with Gasteiger partial charge in [-0.3, -0.25) is 4.79 Å². The van der Waals surface area contributed by atoms with Crippen molar-refractivity contribution in [2.75, 3.05) is 32.1 Å². The topological polar surface area (TPSA) is 101 Å². The molecule has 4 rings (SSSR count). The number of hydrogen-bond acceptors (Lipinski definition) is 6. The number of amides is 1. The number of carbonyl (C=O) groups is 2. The molecule has 34 heavy (non-hydrogen) atoms. The molecule has 2 aliphatic rings. The second-order valence-corrected chi connectivity index (χ2v) is 9.87. The molecule has 1 aliphatic carbocycles. The maximum Gasteiger partial charge on any atom is 0.343 e. The minimum absolute atomic E-state index is 0.00789. The molecule has 8 heteroatoms. The zero-order chi connectivity index (χ0) is 24.0. The van der Waals surface area contributed by atoms with E-state index in [0.29, 0.717) is 15.9 Å². The first-order valence-corrected chi connectivity index (χ1v) is 12.3. The average molecular weight is 468 g/mol. The first kappa shape index (κ1) is 24.3. The highest BCUT2D eigenvalue weighted by molar-refractivity contribution is 5.90. The molecule has 3 atom stereocenters. The Hall–Kier alpha value is -2.84. The molecule has 0 radical (unpaired) electrons. The third-order valence-electron chi connectivity index (χ3n) is 7.57. The van der Waals surface area contributed by atoms with E-state index >= 15 is 0 Å². The molecular weight excluding hydrogens is 432 g/mol. The van der Waals surface area contributed by atoms with Gasteiger partial charge < -0.3 is 19.6 Å². The van der Waals surface area contributed by atoms with Crippen LogP contribution < -0.4 is 5.32 Å². The Morgan fingerprint density at radius 1 is 1.12 bits per heavy atom. The SMILES string of the molecule is C[N+]1(CC(=O)Nc2ccncn2)CCCC1COC(=O)C(O)(c1ccccc1)C1CCCCC1. The van der Waals surface area contributed by atoms with Crippen LogP contribution in [0.1, 0.15) is 50.5 Å². The molecule has 182 valence electrons. The van der Waals surface area contributed by atoms with Crippen LogP contribution in [0.4, 0.5) is 5.82 Å². The lowest BCUT2D eigenvalue weighted by Gasteiger charge is -2.38. The highest BCUT2D eigenvalue weighted by atomic mass is 16.6. The van der Waals surface area contributed by atoms with E-state index in [9.17, 15) is 14.7 Å². The van der Waals surface area contributed by atoms with Crippen molar-refractivity contribution in [2.24, 2.45) is 5.92 Å². The summed E-state index contributed by atoms with van der Waals surface area (Å²) in [5.74, 6) is -0.398. The van der Waals surface area contributed by atoms with E-state index in [2.05, 4.69) is 15.3 Å². The number of likely N-dealkylation sites (N-methyl/N-ethyl adjacent to an activating group) is 1. The number of anilines is 1. The van der Waals surface area contributed by atoms with Gasteiger partial charge in [-0.25, -0.2) is 14.8 Å². The summed E-state index contributed by atoms with van der Waals surface area (Å²) in [5, 5.41) is 14.5. The summed E-state index contributed by atoms with van der Waals surface area (Å²) in [4.78, 5) is 34.0. The summed E-state index contributed by atoms with van der Waals surface area (Å²) < 4.78 is 6.32. The van der Waals surface area contributed by atoms with Crippen LogP contribution in [0.5, 0.6) is 0 Å². The fraction of sp³-hybridized carbons (Fsp3) is 0.538. The number of ether oxygens (including phenoxy) is 1. The highest BCUT2D eigenvalue weighted by Gasteiger charge is 2.48. The minimum Gasteiger partial charge on any atom is -0.457 e. The Labute approximate surface area is 201 Å². The number of quaternary nitrogens is 1. The average Bonchev–Trinajstić information content (AvgIpc) is 3.23. The van der Waals surface area contributed by atoms with Crippen LogP contribution in [0.3, 0.4) is 0 Å². The highest BCUT2D eigenvalue weighted by Crippen LogP contribution is 2.40. The number of hydrogen-bond donors (Lipinski definition) is 2. The second-order valence-electron chi connectivity index (χ2n) is 9.87. The number of aromatic nitrogens is 2. The Kier molecular flexibility index (Phi) is 7.58. The van der Waals surface area contributed by atoms with Gasteiger partial charge in [-0.05, 0) is 24.5 Å². The number of likely N-dealkylation sites (tertiary alicyclic amines) is 1. The van der Waals surface area contributed by atoms with Crippen molar-refractivity contribution in [2.45, 2.75) is 56.6 Å². The summed E-state index contributed by atoms with van der Waals surface area (Å²) in [5.41, 5.74) is -1.05. The molecule has 2 fully saturated rings. The number of esters is 1. The van der Waals surface area contributed by atoms with Crippen molar-refractivity contribution < 1.29 is 23.9 Å². The zero-order valence-corrected chi connectivity index (χ0v) is 19.9. The van der Waals surface area contributed by atoms with Crippen LogP contribution in [-0.4, -0.2) is 64.2 Å². The van der Waals surface area contributed by atoms with Crippen molar-refractivity contribution >= 4 is 17.7 Å². The Morgan fingerprint density at radius 2 is 1.88 bits per heavy atom. The predicted octanol–water partition coefficient (Wildman–Crippen LogP) is 3.04. The van der Waals surface area contributed by atoms with Gasteiger partial charge in [0.1, 0.15) is 24.8 Å². The van der Waals surface area contributed by atoms with E-state index in [0.717, 1.165) is 51.5 Å². The molecule has 2 aromatic rings. The van der Waals surface area contributed by atoms with Gasteiger partial charge in [0.2, 0.25) is 0 Å². The summed E-state index contributed by atoms with van der Waals surface area (Å²) in [6, 6.07) is 10.8. The third kappa shape index (κ3) is 5.28. The van der Waals surface area contributed by atoms with Crippen molar-refractivity contribution in [3.8, 4) is 0 Å². The van der Waals surface area contributed by atoms with E-state index in [4.69, 9.17) is 4.74 Å². The molecule has 1 aliphatic heterocycles. The van der Waals surface area contributed by atoms with Crippen LogP contribution in [-0.2, 0) is 19.9 Å². The first-order chi connectivity index (χ1) is 16.4. The molecule has 1 aromatic carbocycles. The lowest BCUT2D eigenvalue weighted by Crippen LogP contribution is -2.54. The lowest BCUT2D eigenvalue weighted by atomic mass is 9.73. The second kappa shape index (κ2) is 10.6. The van der Waals surface area contributed by atoms with Gasteiger partial charge in [0.25, 0.3) is 5.91 Å². The van der Waals surface area contributed by atoms with E-state index in [1.54, 1.807) is 12.3 Å². The van der Waals surface area contributed by atoms with Crippen molar-refractivity contribution in [3.05, 3.63) is 54.5 Å². The Morgan fingerprint density at radius 3 is 2.59 bits per heavy atom. The van der Waals surface area contributed by atoms with Gasteiger partial charge in [-0.1, -0.05) is 49.6 Å². The molecule has 2 heterocycles. The Balaban J connectivity index is 1.43. The number of rotatable bonds is 8. The summed E-state index contributed by atoms with van der Waals surface area (Å²) in [6.07, 6.45) is 9.54. The molecule has 1 aromatic heterocycles. The largest absolute Gasteiger partial charge is 0.457 e. The maximum absolute atomic E-state index is 13.4. The number of carbonyl (C=O) groups excluding carboxylic acids is 2. The molecule has 0 bridgehead atoms. The Bertz CT molecular complexity index is 967. The van der Waals surface area contributed by atoms with Crippen LogP contribution in [0.25, 0.3) is 0 Å². The fourth-order valence-electron chi connectivity index (χ4n) is 5.54. The molecule has 1 saturated heterocycles. The van der Waals surface area contributed by atoms with Crippen LogP contribution in [0.2, 0.25) is 0 Å². The normalized spacial score (nSPS) is 24.8. The number of aliphatic hydroxyl groups is 1. The minimum atomic E-state index is -1.64. The van der Waals surface area contributed by atoms with Crippen LogP contribution in [0.15, 0.2) is 48.9 Å². The quantitative estimate of drug-likeness (QED) is 0.457. The standard InChI is InChI=1S/C26H34N4O4/c1-30(17-24(31)29-23-14-15-27-19-28-23)16-8-13-22(30)18-34-25(32)26(33,20-9-4-2-5-10-20)21-11-6-3-7-12-21/h2,4-5,9-10,14-15,19,21-22,33H,3,6-8,11-13,16-18H2,1H3/p+1. The van der Waals surface area contributed by atoms with E-state index in [1.165, 1.54) is 6.33 Å². The van der Waals surface area contributed by atoms with E-state index in [-0.39, 0.29) is 31.0 Å². The number of benzene rings is 1. The fourth-order valence-corrected chi connectivity index (χ4v) is 5.54. The first-order valence-electron chi connectivity index (χ1n) is 12.3. The van der Waals surface area contributed by atoms with Gasteiger partial charge in [-0.2, -0.15) is 0 Å². The molecule has 3 unspecified atom stereocenters. The lowest BCUT2D eigenvalue weighted by molar-refractivity contribution is -0.913. The molecule has 8 nitrogen and oxygen atoms in total. The molecule has 1 amide bonds. The van der Waals surface area contributed by atoms with Gasteiger partial charge in [0.05, 0.1) is 13.6 Å². The zero-order valence-electron chi connectivity index (χ0n) is 19.9. The van der Waals surface area contributed by atoms with Crippen LogP contribution >= 0.6 is 0 Å². The predicted molar refractivity (Wildman–Crippen MR) is 127 cm³/mol. The van der Waals surface area contributed by atoms with Gasteiger partial charge in [0, 0.05) is 25.0 Å². The summed E-state index contributed by atoms with van der Waals surface area (Å²) >= 11 is 0.